The van der Waals surface area contributed by atoms with Gasteiger partial charge < -0.3 is 38.3 Å². The smallest absolute Gasteiger partial charge is 0.433 e. The van der Waals surface area contributed by atoms with Crippen LogP contribution in [0.3, 0.4) is 0 Å². The second-order valence-corrected chi connectivity index (χ2v) is 40.5. The first-order valence-electron chi connectivity index (χ1n) is 50.3. The van der Waals surface area contributed by atoms with Crippen LogP contribution in [-0.4, -0.2) is 245 Å². The lowest BCUT2D eigenvalue weighted by Gasteiger charge is -2.29. The van der Waals surface area contributed by atoms with Gasteiger partial charge in [0.15, 0.2) is 5.82 Å². The fourth-order valence-electron chi connectivity index (χ4n) is 22.8. The van der Waals surface area contributed by atoms with Gasteiger partial charge in [-0.2, -0.15) is 44.5 Å². The van der Waals surface area contributed by atoms with Crippen LogP contribution in [0.4, 0.5) is 56.6 Å². The van der Waals surface area contributed by atoms with Crippen molar-refractivity contribution < 1.29 is 77.2 Å². The number of anilines is 3. The van der Waals surface area contributed by atoms with E-state index in [2.05, 4.69) is 113 Å². The van der Waals surface area contributed by atoms with Crippen molar-refractivity contribution in [1.82, 2.24) is 74.5 Å². The second kappa shape index (κ2) is 39.9. The molecule has 0 N–H and O–H groups in total. The summed E-state index contributed by atoms with van der Waals surface area (Å²) in [5.41, 5.74) is 15.4. The van der Waals surface area contributed by atoms with Gasteiger partial charge in [-0.05, 0) is 238 Å². The normalized spacial score (nSPS) is 20.8. The summed E-state index contributed by atoms with van der Waals surface area (Å²) in [6, 6.07) is 49.0. The Labute approximate surface area is 856 Å². The van der Waals surface area contributed by atoms with Crippen molar-refractivity contribution >= 4 is 86.4 Å². The summed E-state index contributed by atoms with van der Waals surface area (Å²) in [6.45, 7) is 14.3. The highest BCUT2D eigenvalue weighted by molar-refractivity contribution is 6.18. The number of halogens is 9. The predicted octanol–water partition coefficient (Wildman–Crippen LogP) is 16.7. The molecule has 6 amide bonds. The molecule has 6 aromatic heterocycles. The minimum Gasteiger partial charge on any atom is -0.441 e. The number of hydrogen-bond donors (Lipinski definition) is 0. The molecule has 6 aromatic carbocycles. The number of fused-ring (bicyclic) bond motifs is 3. The molecule has 24 rings (SSSR count). The van der Waals surface area contributed by atoms with Crippen molar-refractivity contribution in [2.24, 2.45) is 38.3 Å². The van der Waals surface area contributed by atoms with Crippen molar-refractivity contribution in [3.63, 3.8) is 0 Å². The number of aromatic nitrogens is 9. The van der Waals surface area contributed by atoms with E-state index in [-0.39, 0.29) is 55.1 Å². The van der Waals surface area contributed by atoms with E-state index in [0.29, 0.717) is 225 Å². The summed E-state index contributed by atoms with van der Waals surface area (Å²) in [7, 11) is 1.84. The van der Waals surface area contributed by atoms with Crippen LogP contribution in [0.5, 0.6) is 0 Å². The summed E-state index contributed by atoms with van der Waals surface area (Å²) >= 11 is 0. The molecule has 0 bridgehead atoms. The van der Waals surface area contributed by atoms with Gasteiger partial charge in [0, 0.05) is 171 Å². The molecule has 0 aliphatic carbocycles. The lowest BCUT2D eigenvalue weighted by Crippen LogP contribution is -2.43. The monoisotopic (exact) mass is 2040 g/mol. The number of amides is 6. The Morgan fingerprint density at radius 3 is 1.03 bits per heavy atom. The molecule has 3 spiro atoms. The number of benzene rings is 6. The number of carbonyl (C=O) groups is 6. The molecular weight excluding hydrogens is 1940 g/mol. The van der Waals surface area contributed by atoms with E-state index in [1.54, 1.807) is 32.5 Å². The zero-order chi connectivity index (χ0) is 104. The largest absolute Gasteiger partial charge is 0.441 e. The maximum atomic E-state index is 14.0. The first-order valence-corrected chi connectivity index (χ1v) is 50.3. The van der Waals surface area contributed by atoms with Crippen LogP contribution in [-0.2, 0) is 74.0 Å². The van der Waals surface area contributed by atoms with E-state index in [1.165, 1.54) is 34.9 Å². The fourth-order valence-corrected chi connectivity index (χ4v) is 22.8. The van der Waals surface area contributed by atoms with Gasteiger partial charge in [-0.25, -0.2) is 4.98 Å². The number of nitrogens with zero attached hydrogens (tertiary/aromatic N) is 21. The Morgan fingerprint density at radius 2 is 0.727 bits per heavy atom. The first-order chi connectivity index (χ1) is 72.2. The summed E-state index contributed by atoms with van der Waals surface area (Å²) in [6.07, 6.45) is 6.04. The van der Waals surface area contributed by atoms with Crippen LogP contribution in [0, 0.1) is 30.1 Å². The molecule has 6 fully saturated rings. The lowest BCUT2D eigenvalue weighted by atomic mass is 9.85. The van der Waals surface area contributed by atoms with Crippen molar-refractivity contribution in [3.8, 4) is 34.2 Å². The number of aliphatic imine (C=N–C) groups is 3. The molecule has 0 radical (unpaired) electrons. The average molecular weight is 2040 g/mol. The van der Waals surface area contributed by atoms with Gasteiger partial charge in [0.2, 0.25) is 41.3 Å². The molecule has 12 aliphatic heterocycles. The van der Waals surface area contributed by atoms with Crippen LogP contribution in [0.1, 0.15) is 153 Å². The van der Waals surface area contributed by atoms with E-state index < -0.39 is 51.9 Å². The molecule has 0 unspecified atom stereocenters. The van der Waals surface area contributed by atoms with Crippen molar-refractivity contribution in [3.05, 3.63) is 308 Å². The number of hydrogen-bond acceptors (Lipinski definition) is 22. The summed E-state index contributed by atoms with van der Waals surface area (Å²) in [5, 5.41) is 12.0. The molecule has 6 saturated heterocycles. The van der Waals surface area contributed by atoms with Crippen LogP contribution in [0.15, 0.2) is 237 Å². The Balaban J connectivity index is 0.000000127. The Kier molecular flexibility index (Phi) is 26.4. The first kappa shape index (κ1) is 99.2. The lowest BCUT2D eigenvalue weighted by molar-refractivity contribution is -0.142. The molecule has 150 heavy (non-hydrogen) atoms. The van der Waals surface area contributed by atoms with Gasteiger partial charge >= 0.3 is 18.5 Å². The molecule has 12 aliphatic rings. The van der Waals surface area contributed by atoms with Crippen molar-refractivity contribution in [2.75, 3.05) is 133 Å². The predicted molar refractivity (Wildman–Crippen MR) is 542 cm³/mol. The second-order valence-electron chi connectivity index (χ2n) is 40.5. The number of carbonyl (C=O) groups excluding carboxylic acids is 6. The highest BCUT2D eigenvalue weighted by Gasteiger charge is 2.55. The number of likely N-dealkylation sites (tertiary alicyclic amines) is 3. The molecule has 18 heterocycles. The molecule has 12 aromatic rings. The summed E-state index contributed by atoms with van der Waals surface area (Å²) in [4.78, 5) is 132. The van der Waals surface area contributed by atoms with Gasteiger partial charge in [-0.3, -0.25) is 78.1 Å². The third-order valence-corrected chi connectivity index (χ3v) is 31.1. The minimum absolute atomic E-state index is 0.0259. The zero-order valence-corrected chi connectivity index (χ0v) is 82.5. The molecule has 29 nitrogen and oxygen atoms in total. The van der Waals surface area contributed by atoms with Crippen LogP contribution < -0.4 is 14.7 Å². The summed E-state index contributed by atoms with van der Waals surface area (Å²) < 4.78 is 133. The fraction of sp³-hybridized carbons (Fsp3) is 0.348. The van der Waals surface area contributed by atoms with Crippen LogP contribution >= 0.6 is 0 Å². The minimum atomic E-state index is -4.56. The standard InChI is InChI=1S/C38H35F3N6O3.C37H35F3N8O2.C37H34F3N7O3/c1-24-20-44-35(50-24)27-4-2-25(3-5-27)26-9-14-46(15-10-26)33(48)22-45-16-11-37(23-45)12-17-47(36(37)49)30-7-6-29-21-43-34(31(29)19-30)28-8-13-42-32(18-28)38(39,40)41;1-45-21-31(43-44-45)26-4-2-24(3-5-26)25-9-14-47(15-10-25)33(49)22-46-16-11-36(23-46)12-17-48(35(36)50)29-7-6-28-20-42-34(30(28)19-29)27-8-13-41-32(18-27)37(38,39)40;1-23-43-34(50-44-23)26-4-2-24(3-5-26)25-9-14-46(15-10-25)32(48)21-45-16-11-36(22-45)12-17-47(35(36)49)29-7-6-28-20-42-33(30(28)19-29)27-8-13-41-31(18-27)37(38,39)40/h2-9,13,18-20H,10-12,14-17,21-23H2,1H3;2-9,13,18-19,21H,10-12,14-17,20,22-23H2,1H3;2-9,13,18-19H,10-12,14-17,20-22H2,1H3/t37-;2*36-/m000/s1. The number of rotatable bonds is 18. The summed E-state index contributed by atoms with van der Waals surface area (Å²) in [5.74, 6) is 2.70. The molecule has 38 heteroatoms. The quantitative estimate of drug-likeness (QED) is 0.0721. The molecule has 0 saturated carbocycles. The van der Waals surface area contributed by atoms with Gasteiger partial charge in [0.25, 0.3) is 5.89 Å². The third-order valence-electron chi connectivity index (χ3n) is 31.1. The van der Waals surface area contributed by atoms with Crippen molar-refractivity contribution in [2.45, 2.75) is 110 Å². The molecule has 768 valence electrons. The zero-order valence-electron chi connectivity index (χ0n) is 82.5. The topological polar surface area (TPSA) is 303 Å². The average Bonchev–Trinajstić information content (AvgIpc) is 1.60. The Bertz CT molecular complexity index is 6860. The van der Waals surface area contributed by atoms with Crippen molar-refractivity contribution in [1.29, 1.82) is 0 Å². The number of alkyl halides is 9. The van der Waals surface area contributed by atoms with Gasteiger partial charge in [0.1, 0.15) is 28.5 Å². The number of oxazole rings is 1. The molecular formula is C112H104F9N21O8. The van der Waals surface area contributed by atoms with E-state index >= 15 is 0 Å². The Hall–Kier alpha value is -15.4. The SMILES string of the molecule is Cc1cnc(-c2ccc(C3=CCN(C(=O)CN4CC[C@]5(CCN(c6ccc7c(c6)C(c6ccnc(C(F)(F)F)c6)=NC7)C5=O)C4)CC3)cc2)o1.Cc1noc(-c2ccc(C3=CCN(C(=O)CN4CC[C@]5(CCN(c6ccc7c(c6)C(c6ccnc(C(F)(F)F)c6)=NC7)C5=O)C4)CC3)cc2)n1.Cn1cc(-c2ccc(C3=CCN(C(=O)CN4CC[C@]5(CCN(c6ccc7c(c6)C(c6ccnc(C(F)(F)F)c6)=NC7)C5=O)C4)CC3)cc2)nn1. The van der Waals surface area contributed by atoms with E-state index in [1.807, 2.05) is 138 Å². The third kappa shape index (κ3) is 20.0. The highest BCUT2D eigenvalue weighted by atomic mass is 19.4. The Morgan fingerprint density at radius 1 is 0.387 bits per heavy atom. The van der Waals surface area contributed by atoms with E-state index in [4.69, 9.17) is 8.94 Å². The maximum absolute atomic E-state index is 14.0. The van der Waals surface area contributed by atoms with Gasteiger partial charge in [0.05, 0.1) is 85.0 Å². The number of pyridine rings is 3. The highest BCUT2D eigenvalue weighted by Crippen LogP contribution is 2.49. The van der Waals surface area contributed by atoms with Gasteiger partial charge in [-0.15, -0.1) is 5.10 Å². The van der Waals surface area contributed by atoms with E-state index in [0.717, 1.165) is 134 Å². The van der Waals surface area contributed by atoms with Gasteiger partial charge in [-0.1, -0.05) is 95.3 Å². The van der Waals surface area contributed by atoms with Crippen LogP contribution in [0.2, 0.25) is 0 Å². The molecule has 3 atom stereocenters. The van der Waals surface area contributed by atoms with E-state index in [9.17, 15) is 68.3 Å². The number of aryl methyl sites for hydroxylation is 3. The maximum Gasteiger partial charge on any atom is 0.433 e. The van der Waals surface area contributed by atoms with Crippen LogP contribution in [0.25, 0.3) is 50.9 Å².